The summed E-state index contributed by atoms with van der Waals surface area (Å²) in [5, 5.41) is 3.92. The van der Waals surface area contributed by atoms with E-state index in [0.717, 1.165) is 11.1 Å². The number of amides is 1. The highest BCUT2D eigenvalue weighted by Crippen LogP contribution is 2.22. The van der Waals surface area contributed by atoms with Gasteiger partial charge in [0.2, 0.25) is 5.91 Å². The molecule has 2 aromatic rings. The summed E-state index contributed by atoms with van der Waals surface area (Å²) < 4.78 is 0. The predicted molar refractivity (Wildman–Crippen MR) is 82.4 cm³/mol. The van der Waals surface area contributed by atoms with Crippen molar-refractivity contribution in [3.8, 4) is 0 Å². The van der Waals surface area contributed by atoms with Gasteiger partial charge in [0.1, 0.15) is 5.82 Å². The van der Waals surface area contributed by atoms with Crippen molar-refractivity contribution in [2.45, 2.75) is 19.8 Å². The maximum absolute atomic E-state index is 11.8. The lowest BCUT2D eigenvalue weighted by Crippen LogP contribution is -2.13. The standard InChI is InChI=1S/C15H14Cl2N2O/c1-10-2-6-14(18-9-10)19-15(20)7-4-11-3-5-12(16)8-13(11)17/h2-3,5-6,8-9H,4,7H2,1H3,(H,18,19,20). The van der Waals surface area contributed by atoms with E-state index < -0.39 is 0 Å². The molecule has 2 rings (SSSR count). The van der Waals surface area contributed by atoms with Crippen molar-refractivity contribution in [1.82, 2.24) is 4.98 Å². The Morgan fingerprint density at radius 3 is 2.70 bits per heavy atom. The van der Waals surface area contributed by atoms with E-state index in [4.69, 9.17) is 23.2 Å². The van der Waals surface area contributed by atoms with E-state index in [-0.39, 0.29) is 5.91 Å². The first-order valence-corrected chi connectivity index (χ1v) is 6.96. The van der Waals surface area contributed by atoms with Crippen LogP contribution in [0.2, 0.25) is 10.0 Å². The van der Waals surface area contributed by atoms with E-state index in [0.29, 0.717) is 28.7 Å². The Morgan fingerprint density at radius 1 is 1.25 bits per heavy atom. The van der Waals surface area contributed by atoms with Crippen LogP contribution in [0.1, 0.15) is 17.5 Å². The molecule has 0 bridgehead atoms. The summed E-state index contributed by atoms with van der Waals surface area (Å²) in [6.45, 7) is 1.95. The van der Waals surface area contributed by atoms with Crippen LogP contribution in [-0.4, -0.2) is 10.9 Å². The lowest BCUT2D eigenvalue weighted by Gasteiger charge is -2.06. The third-order valence-corrected chi connectivity index (χ3v) is 3.40. The molecule has 0 aliphatic rings. The van der Waals surface area contributed by atoms with Crippen LogP contribution in [0.5, 0.6) is 0 Å². The van der Waals surface area contributed by atoms with Gasteiger partial charge in [-0.1, -0.05) is 35.3 Å². The molecule has 0 aliphatic heterocycles. The first kappa shape index (κ1) is 14.8. The molecule has 1 N–H and O–H groups in total. The van der Waals surface area contributed by atoms with Gasteiger partial charge in [0.25, 0.3) is 0 Å². The Balaban J connectivity index is 1.90. The van der Waals surface area contributed by atoms with Crippen molar-refractivity contribution in [3.63, 3.8) is 0 Å². The number of benzene rings is 1. The number of rotatable bonds is 4. The molecule has 104 valence electrons. The molecular formula is C15H14Cl2N2O. The maximum atomic E-state index is 11.8. The van der Waals surface area contributed by atoms with Gasteiger partial charge < -0.3 is 5.32 Å². The summed E-state index contributed by atoms with van der Waals surface area (Å²) in [6.07, 6.45) is 2.62. The minimum atomic E-state index is -0.0904. The molecule has 1 aromatic heterocycles. The Bertz CT molecular complexity index is 612. The highest BCUT2D eigenvalue weighted by Gasteiger charge is 2.06. The van der Waals surface area contributed by atoms with E-state index in [1.807, 2.05) is 19.1 Å². The largest absolute Gasteiger partial charge is 0.311 e. The fourth-order valence-electron chi connectivity index (χ4n) is 1.72. The summed E-state index contributed by atoms with van der Waals surface area (Å²) in [5.41, 5.74) is 1.96. The molecule has 0 aliphatic carbocycles. The number of aryl methyl sites for hydroxylation is 2. The summed E-state index contributed by atoms with van der Waals surface area (Å²) in [6, 6.07) is 8.96. The smallest absolute Gasteiger partial charge is 0.225 e. The van der Waals surface area contributed by atoms with Crippen molar-refractivity contribution in [2.24, 2.45) is 0 Å². The molecule has 0 saturated heterocycles. The van der Waals surface area contributed by atoms with Gasteiger partial charge in [0.15, 0.2) is 0 Å². The van der Waals surface area contributed by atoms with Gasteiger partial charge in [0, 0.05) is 22.7 Å². The fraction of sp³-hybridized carbons (Fsp3) is 0.200. The van der Waals surface area contributed by atoms with E-state index in [2.05, 4.69) is 10.3 Å². The summed E-state index contributed by atoms with van der Waals surface area (Å²) in [7, 11) is 0. The van der Waals surface area contributed by atoms with Crippen LogP contribution in [0, 0.1) is 6.92 Å². The molecule has 0 unspecified atom stereocenters. The third kappa shape index (κ3) is 4.22. The molecule has 1 amide bonds. The second-order valence-corrected chi connectivity index (χ2v) is 5.35. The second-order valence-electron chi connectivity index (χ2n) is 4.50. The monoisotopic (exact) mass is 308 g/mol. The van der Waals surface area contributed by atoms with Gasteiger partial charge in [-0.05, 0) is 42.7 Å². The van der Waals surface area contributed by atoms with E-state index >= 15 is 0 Å². The fourth-order valence-corrected chi connectivity index (χ4v) is 2.22. The number of carbonyl (C=O) groups excluding carboxylic acids is 1. The number of hydrogen-bond acceptors (Lipinski definition) is 2. The zero-order chi connectivity index (χ0) is 14.5. The van der Waals surface area contributed by atoms with Crippen molar-refractivity contribution in [1.29, 1.82) is 0 Å². The molecule has 1 heterocycles. The van der Waals surface area contributed by atoms with Crippen LogP contribution >= 0.6 is 23.2 Å². The zero-order valence-corrected chi connectivity index (χ0v) is 12.5. The van der Waals surface area contributed by atoms with Crippen LogP contribution in [0.25, 0.3) is 0 Å². The van der Waals surface area contributed by atoms with E-state index in [1.54, 1.807) is 24.4 Å². The molecule has 0 spiro atoms. The number of carbonyl (C=O) groups is 1. The van der Waals surface area contributed by atoms with Crippen LogP contribution in [0.4, 0.5) is 5.82 Å². The summed E-state index contributed by atoms with van der Waals surface area (Å²) >= 11 is 11.9. The number of nitrogens with zero attached hydrogens (tertiary/aromatic N) is 1. The average molecular weight is 309 g/mol. The second kappa shape index (κ2) is 6.73. The van der Waals surface area contributed by atoms with Gasteiger partial charge in [-0.2, -0.15) is 0 Å². The average Bonchev–Trinajstić information content (AvgIpc) is 2.40. The number of halogens is 2. The highest BCUT2D eigenvalue weighted by atomic mass is 35.5. The van der Waals surface area contributed by atoms with Gasteiger partial charge in [-0.15, -0.1) is 0 Å². The van der Waals surface area contributed by atoms with Gasteiger partial charge in [0.05, 0.1) is 0 Å². The molecule has 20 heavy (non-hydrogen) atoms. The van der Waals surface area contributed by atoms with Crippen molar-refractivity contribution in [2.75, 3.05) is 5.32 Å². The normalized spacial score (nSPS) is 10.3. The lowest BCUT2D eigenvalue weighted by atomic mass is 10.1. The lowest BCUT2D eigenvalue weighted by molar-refractivity contribution is -0.116. The molecule has 3 nitrogen and oxygen atoms in total. The van der Waals surface area contributed by atoms with Gasteiger partial charge in [-0.25, -0.2) is 4.98 Å². The van der Waals surface area contributed by atoms with Gasteiger partial charge >= 0.3 is 0 Å². The third-order valence-electron chi connectivity index (χ3n) is 2.82. The Labute approximate surface area is 127 Å². The SMILES string of the molecule is Cc1ccc(NC(=O)CCc2ccc(Cl)cc2Cl)nc1. The topological polar surface area (TPSA) is 42.0 Å². The Morgan fingerprint density at radius 2 is 2.05 bits per heavy atom. The predicted octanol–water partition coefficient (Wildman–Crippen LogP) is 4.27. The zero-order valence-electron chi connectivity index (χ0n) is 11.0. The maximum Gasteiger partial charge on any atom is 0.225 e. The highest BCUT2D eigenvalue weighted by molar-refractivity contribution is 6.35. The molecule has 5 heteroatoms. The minimum absolute atomic E-state index is 0.0904. The first-order chi connectivity index (χ1) is 9.54. The number of nitrogens with one attached hydrogen (secondary N) is 1. The van der Waals surface area contributed by atoms with Crippen LogP contribution in [0.3, 0.4) is 0 Å². The molecule has 0 fully saturated rings. The molecular weight excluding hydrogens is 295 g/mol. The molecule has 0 radical (unpaired) electrons. The first-order valence-electron chi connectivity index (χ1n) is 6.21. The summed E-state index contributed by atoms with van der Waals surface area (Å²) in [5.74, 6) is 0.468. The Hall–Kier alpha value is -1.58. The van der Waals surface area contributed by atoms with Crippen LogP contribution in [-0.2, 0) is 11.2 Å². The van der Waals surface area contributed by atoms with E-state index in [9.17, 15) is 4.79 Å². The Kier molecular flexibility index (Phi) is 4.99. The molecule has 1 aromatic carbocycles. The van der Waals surface area contributed by atoms with Crippen LogP contribution < -0.4 is 5.32 Å². The van der Waals surface area contributed by atoms with E-state index in [1.165, 1.54) is 0 Å². The minimum Gasteiger partial charge on any atom is -0.311 e. The molecule has 0 saturated carbocycles. The number of anilines is 1. The van der Waals surface area contributed by atoms with Gasteiger partial charge in [-0.3, -0.25) is 4.79 Å². The number of pyridine rings is 1. The molecule has 0 atom stereocenters. The number of hydrogen-bond donors (Lipinski definition) is 1. The summed E-state index contributed by atoms with van der Waals surface area (Å²) in [4.78, 5) is 16.0. The van der Waals surface area contributed by atoms with Crippen LogP contribution in [0.15, 0.2) is 36.5 Å². The quantitative estimate of drug-likeness (QED) is 0.916. The van der Waals surface area contributed by atoms with Crippen molar-refractivity contribution in [3.05, 3.63) is 57.7 Å². The van der Waals surface area contributed by atoms with Crippen molar-refractivity contribution >= 4 is 34.9 Å². The number of aromatic nitrogens is 1. The van der Waals surface area contributed by atoms with Crippen molar-refractivity contribution < 1.29 is 4.79 Å².